The normalized spacial score (nSPS) is 11.5. The molecule has 3 rings (SSSR count). The lowest BCUT2D eigenvalue weighted by molar-refractivity contribution is 0.252. The van der Waals surface area contributed by atoms with Crippen molar-refractivity contribution in [2.45, 2.75) is 19.9 Å². The Hall–Kier alpha value is -3.68. The number of rotatable bonds is 7. The monoisotopic (exact) mass is 409 g/mol. The number of halogens is 1. The van der Waals surface area contributed by atoms with Crippen LogP contribution >= 0.6 is 0 Å². The first-order valence-corrected chi connectivity index (χ1v) is 9.57. The molecule has 0 spiro atoms. The van der Waals surface area contributed by atoms with E-state index < -0.39 is 0 Å². The minimum Gasteiger partial charge on any atom is -0.495 e. The molecule has 3 aromatic rings. The number of amides is 2. The van der Waals surface area contributed by atoms with Gasteiger partial charge >= 0.3 is 6.03 Å². The Morgan fingerprint density at radius 2 is 2.03 bits per heavy atom. The molecule has 0 saturated heterocycles. The van der Waals surface area contributed by atoms with Crippen molar-refractivity contribution in [3.63, 3.8) is 0 Å². The molecule has 3 N–H and O–H groups in total. The van der Waals surface area contributed by atoms with E-state index in [1.54, 1.807) is 30.6 Å². The van der Waals surface area contributed by atoms with Gasteiger partial charge in [0.1, 0.15) is 17.4 Å². The molecule has 30 heavy (non-hydrogen) atoms. The van der Waals surface area contributed by atoms with Crippen molar-refractivity contribution in [3.8, 4) is 17.0 Å². The van der Waals surface area contributed by atoms with Crippen molar-refractivity contribution in [3.05, 3.63) is 66.2 Å². The van der Waals surface area contributed by atoms with Crippen LogP contribution in [0.4, 0.5) is 20.7 Å². The van der Waals surface area contributed by atoms with Crippen LogP contribution in [-0.2, 0) is 0 Å². The van der Waals surface area contributed by atoms with Crippen LogP contribution in [0.2, 0.25) is 0 Å². The lowest BCUT2D eigenvalue weighted by Gasteiger charge is -2.16. The fourth-order valence-corrected chi connectivity index (χ4v) is 2.94. The van der Waals surface area contributed by atoms with Gasteiger partial charge in [-0.2, -0.15) is 0 Å². The van der Waals surface area contributed by atoms with E-state index in [0.29, 0.717) is 29.5 Å². The number of carbonyl (C=O) groups excluding carboxylic acids is 1. The summed E-state index contributed by atoms with van der Waals surface area (Å²) in [7, 11) is 1.53. The van der Waals surface area contributed by atoms with Crippen LogP contribution in [0.25, 0.3) is 11.3 Å². The highest BCUT2D eigenvalue weighted by atomic mass is 19.1. The Balaban J connectivity index is 1.80. The highest BCUT2D eigenvalue weighted by Gasteiger charge is 2.12. The topological polar surface area (TPSA) is 88.2 Å². The second-order valence-corrected chi connectivity index (χ2v) is 6.61. The predicted octanol–water partition coefficient (Wildman–Crippen LogP) is 4.61. The van der Waals surface area contributed by atoms with Gasteiger partial charge in [-0.3, -0.25) is 4.98 Å². The Morgan fingerprint density at radius 3 is 2.77 bits per heavy atom. The molecule has 0 radical (unpaired) electrons. The van der Waals surface area contributed by atoms with Gasteiger partial charge in [-0.05, 0) is 43.7 Å². The van der Waals surface area contributed by atoms with E-state index in [1.807, 2.05) is 26.0 Å². The minimum atomic E-state index is -0.305. The number of anilines is 2. The first-order chi connectivity index (χ1) is 14.5. The number of methoxy groups -OCH3 is 1. The first kappa shape index (κ1) is 21.0. The highest BCUT2D eigenvalue weighted by molar-refractivity contribution is 5.91. The van der Waals surface area contributed by atoms with E-state index in [-0.39, 0.29) is 17.9 Å². The maximum Gasteiger partial charge on any atom is 0.319 e. The van der Waals surface area contributed by atoms with Crippen molar-refractivity contribution < 1.29 is 13.9 Å². The molecular formula is C22H24FN5O2. The molecule has 1 atom stereocenters. The Labute approximate surface area is 174 Å². The van der Waals surface area contributed by atoms with Gasteiger partial charge in [-0.1, -0.05) is 18.2 Å². The van der Waals surface area contributed by atoms with Crippen molar-refractivity contribution in [1.82, 2.24) is 15.3 Å². The van der Waals surface area contributed by atoms with Gasteiger partial charge < -0.3 is 20.7 Å². The van der Waals surface area contributed by atoms with E-state index in [2.05, 4.69) is 25.9 Å². The van der Waals surface area contributed by atoms with Crippen LogP contribution in [0.15, 0.2) is 54.9 Å². The summed E-state index contributed by atoms with van der Waals surface area (Å²) in [5.74, 6) is 0.786. The predicted molar refractivity (Wildman–Crippen MR) is 115 cm³/mol. The second kappa shape index (κ2) is 9.69. The Bertz CT molecular complexity index is 1030. The van der Waals surface area contributed by atoms with E-state index in [1.165, 1.54) is 19.2 Å². The van der Waals surface area contributed by atoms with Crippen LogP contribution in [0.5, 0.6) is 5.75 Å². The van der Waals surface area contributed by atoms with Gasteiger partial charge in [0.25, 0.3) is 0 Å². The van der Waals surface area contributed by atoms with Gasteiger partial charge in [0.15, 0.2) is 0 Å². The van der Waals surface area contributed by atoms with Crippen molar-refractivity contribution in [2.75, 3.05) is 24.3 Å². The zero-order valence-corrected chi connectivity index (χ0v) is 17.1. The number of nitrogens with zero attached hydrogens (tertiary/aromatic N) is 2. The Morgan fingerprint density at radius 1 is 1.20 bits per heavy atom. The second-order valence-electron chi connectivity index (χ2n) is 6.61. The average molecular weight is 409 g/mol. The molecule has 1 aromatic heterocycles. The molecule has 0 aliphatic carbocycles. The molecule has 0 aliphatic heterocycles. The van der Waals surface area contributed by atoms with E-state index in [4.69, 9.17) is 4.74 Å². The summed E-state index contributed by atoms with van der Waals surface area (Å²) in [6.45, 7) is 4.29. The van der Waals surface area contributed by atoms with Crippen molar-refractivity contribution in [1.29, 1.82) is 0 Å². The maximum atomic E-state index is 13.5. The molecular weight excluding hydrogens is 385 g/mol. The summed E-state index contributed by atoms with van der Waals surface area (Å²) in [4.78, 5) is 20.6. The third kappa shape index (κ3) is 5.22. The quantitative estimate of drug-likeness (QED) is 0.531. The standard InChI is InChI=1S/C22H24FN5O2/c1-4-25-22(29)28-18-9-8-16(11-20(18)30-3)19-12-24-13-21(27-19)26-14(2)15-6-5-7-17(23)10-15/h5-14H,4H2,1-3H3,(H,26,27)(H2,25,28,29). The molecule has 1 heterocycles. The number of aromatic nitrogens is 2. The number of benzene rings is 2. The summed E-state index contributed by atoms with van der Waals surface area (Å²) in [5, 5.41) is 8.66. The maximum absolute atomic E-state index is 13.5. The van der Waals surface area contributed by atoms with Gasteiger partial charge in [0, 0.05) is 12.1 Å². The van der Waals surface area contributed by atoms with Crippen LogP contribution in [0.3, 0.4) is 0 Å². The third-order valence-electron chi connectivity index (χ3n) is 4.43. The zero-order valence-electron chi connectivity index (χ0n) is 17.1. The molecule has 1 unspecified atom stereocenters. The fourth-order valence-electron chi connectivity index (χ4n) is 2.94. The number of nitrogens with one attached hydrogen (secondary N) is 3. The number of hydrogen-bond donors (Lipinski definition) is 3. The van der Waals surface area contributed by atoms with Gasteiger partial charge in [0.05, 0.1) is 36.9 Å². The first-order valence-electron chi connectivity index (χ1n) is 9.57. The molecule has 0 saturated carbocycles. The smallest absolute Gasteiger partial charge is 0.319 e. The average Bonchev–Trinajstić information content (AvgIpc) is 2.74. The summed E-state index contributed by atoms with van der Waals surface area (Å²) in [6.07, 6.45) is 3.26. The van der Waals surface area contributed by atoms with Gasteiger partial charge in [-0.15, -0.1) is 0 Å². The number of urea groups is 1. The van der Waals surface area contributed by atoms with Gasteiger partial charge in [-0.25, -0.2) is 14.2 Å². The summed E-state index contributed by atoms with van der Waals surface area (Å²) in [5.41, 5.74) is 2.77. The number of ether oxygens (including phenoxy) is 1. The molecule has 0 aliphatic rings. The number of hydrogen-bond acceptors (Lipinski definition) is 5. The van der Waals surface area contributed by atoms with E-state index in [0.717, 1.165) is 11.1 Å². The van der Waals surface area contributed by atoms with Gasteiger partial charge in [0.2, 0.25) is 0 Å². The molecule has 2 aromatic carbocycles. The van der Waals surface area contributed by atoms with Crippen molar-refractivity contribution >= 4 is 17.5 Å². The lowest BCUT2D eigenvalue weighted by Crippen LogP contribution is -2.28. The highest BCUT2D eigenvalue weighted by Crippen LogP contribution is 2.30. The Kier molecular flexibility index (Phi) is 6.79. The summed E-state index contributed by atoms with van der Waals surface area (Å²) in [6, 6.07) is 11.3. The summed E-state index contributed by atoms with van der Waals surface area (Å²) < 4.78 is 18.9. The zero-order chi connectivity index (χ0) is 21.5. The molecule has 0 fully saturated rings. The molecule has 8 heteroatoms. The minimum absolute atomic E-state index is 0.150. The van der Waals surface area contributed by atoms with Crippen LogP contribution < -0.4 is 20.7 Å². The molecule has 0 bridgehead atoms. The summed E-state index contributed by atoms with van der Waals surface area (Å²) >= 11 is 0. The van der Waals surface area contributed by atoms with E-state index >= 15 is 0 Å². The van der Waals surface area contributed by atoms with Crippen molar-refractivity contribution in [2.24, 2.45) is 0 Å². The lowest BCUT2D eigenvalue weighted by atomic mass is 10.1. The number of carbonyl (C=O) groups is 1. The largest absolute Gasteiger partial charge is 0.495 e. The van der Waals surface area contributed by atoms with Crippen LogP contribution in [-0.4, -0.2) is 29.7 Å². The fraction of sp³-hybridized carbons (Fsp3) is 0.227. The molecule has 2 amide bonds. The van der Waals surface area contributed by atoms with Crippen LogP contribution in [0.1, 0.15) is 25.5 Å². The molecule has 7 nitrogen and oxygen atoms in total. The van der Waals surface area contributed by atoms with E-state index in [9.17, 15) is 9.18 Å². The SMILES string of the molecule is CCNC(=O)Nc1ccc(-c2cncc(NC(C)c3cccc(F)c3)n2)cc1OC. The third-order valence-corrected chi connectivity index (χ3v) is 4.43. The van der Waals surface area contributed by atoms with Crippen LogP contribution in [0, 0.1) is 5.82 Å². The molecule has 156 valence electrons.